The van der Waals surface area contributed by atoms with Gasteiger partial charge in [-0.1, -0.05) is 30.3 Å². The van der Waals surface area contributed by atoms with Crippen molar-refractivity contribution >= 4 is 11.6 Å². The lowest BCUT2D eigenvalue weighted by Crippen LogP contribution is -1.79. The van der Waals surface area contributed by atoms with E-state index in [1.807, 2.05) is 24.5 Å². The largest absolute Gasteiger partial charge is 0.265 e. The van der Waals surface area contributed by atoms with Gasteiger partial charge < -0.3 is 0 Å². The Morgan fingerprint density at radius 2 is 1.75 bits per heavy atom. The highest BCUT2D eigenvalue weighted by Crippen LogP contribution is 2.33. The first-order valence-electron chi connectivity index (χ1n) is 5.62. The monoisotopic (exact) mass is 207 g/mol. The summed E-state index contributed by atoms with van der Waals surface area (Å²) in [5.41, 5.74) is 5.57. The van der Waals surface area contributed by atoms with Gasteiger partial charge in [0.1, 0.15) is 0 Å². The molecule has 1 aromatic carbocycles. The molecule has 1 aliphatic carbocycles. The Balaban J connectivity index is 2.02. The van der Waals surface area contributed by atoms with E-state index >= 15 is 0 Å². The molecule has 0 amide bonds. The molecule has 1 nitrogen and oxygen atoms in total. The van der Waals surface area contributed by atoms with Gasteiger partial charge in [0.05, 0.1) is 0 Å². The molecular formula is C15H13N. The fourth-order valence-corrected chi connectivity index (χ4v) is 2.27. The average molecular weight is 207 g/mol. The van der Waals surface area contributed by atoms with Gasteiger partial charge in [-0.05, 0) is 47.2 Å². The highest BCUT2D eigenvalue weighted by molar-refractivity contribution is 5.85. The van der Waals surface area contributed by atoms with E-state index in [1.54, 1.807) is 0 Å². The van der Waals surface area contributed by atoms with E-state index in [9.17, 15) is 0 Å². The zero-order valence-corrected chi connectivity index (χ0v) is 9.06. The molecule has 2 aromatic rings. The summed E-state index contributed by atoms with van der Waals surface area (Å²) >= 11 is 0. The molecule has 0 saturated carbocycles. The second-order valence-electron chi connectivity index (χ2n) is 4.11. The first-order valence-corrected chi connectivity index (χ1v) is 5.62. The van der Waals surface area contributed by atoms with Gasteiger partial charge in [0, 0.05) is 12.4 Å². The van der Waals surface area contributed by atoms with Crippen LogP contribution in [-0.4, -0.2) is 4.98 Å². The molecule has 0 spiro atoms. The van der Waals surface area contributed by atoms with E-state index in [1.165, 1.54) is 28.7 Å². The van der Waals surface area contributed by atoms with Crippen LogP contribution in [-0.2, 0) is 6.42 Å². The normalized spacial score (nSPS) is 16.4. The van der Waals surface area contributed by atoms with E-state index in [2.05, 4.69) is 35.3 Å². The van der Waals surface area contributed by atoms with Crippen molar-refractivity contribution in [2.45, 2.75) is 12.8 Å². The van der Waals surface area contributed by atoms with E-state index in [0.29, 0.717) is 0 Å². The lowest BCUT2D eigenvalue weighted by Gasteiger charge is -2.00. The molecule has 0 radical (unpaired) electrons. The molecule has 0 N–H and O–H groups in total. The number of hydrogen-bond donors (Lipinski definition) is 0. The second kappa shape index (κ2) is 3.93. The van der Waals surface area contributed by atoms with E-state index < -0.39 is 0 Å². The third-order valence-corrected chi connectivity index (χ3v) is 3.07. The van der Waals surface area contributed by atoms with Gasteiger partial charge in [0.2, 0.25) is 0 Å². The second-order valence-corrected chi connectivity index (χ2v) is 4.11. The number of allylic oxidation sites excluding steroid dienone is 1. The summed E-state index contributed by atoms with van der Waals surface area (Å²) in [5.74, 6) is 0. The zero-order chi connectivity index (χ0) is 10.8. The molecule has 78 valence electrons. The van der Waals surface area contributed by atoms with Crippen molar-refractivity contribution in [1.82, 2.24) is 4.98 Å². The van der Waals surface area contributed by atoms with Crippen molar-refractivity contribution in [2.75, 3.05) is 0 Å². The lowest BCUT2D eigenvalue weighted by atomic mass is 10.1. The number of hydrogen-bond acceptors (Lipinski definition) is 1. The Morgan fingerprint density at radius 3 is 2.62 bits per heavy atom. The molecule has 16 heavy (non-hydrogen) atoms. The fraction of sp³-hybridized carbons (Fsp3) is 0.133. The van der Waals surface area contributed by atoms with Crippen LogP contribution in [0.5, 0.6) is 0 Å². The number of nitrogens with zero attached hydrogens (tertiary/aromatic N) is 1. The maximum absolute atomic E-state index is 4.04. The molecule has 1 aromatic heterocycles. The third kappa shape index (κ3) is 1.65. The number of fused-ring (bicyclic) bond motifs is 1. The van der Waals surface area contributed by atoms with Gasteiger partial charge in [-0.3, -0.25) is 4.98 Å². The van der Waals surface area contributed by atoms with Crippen LogP contribution >= 0.6 is 0 Å². The van der Waals surface area contributed by atoms with Gasteiger partial charge in [-0.25, -0.2) is 0 Å². The van der Waals surface area contributed by atoms with Crippen molar-refractivity contribution < 1.29 is 0 Å². The Morgan fingerprint density at radius 1 is 0.938 bits per heavy atom. The van der Waals surface area contributed by atoms with E-state index in [0.717, 1.165) is 6.42 Å². The molecule has 3 rings (SSSR count). The standard InChI is InChI=1S/C15H13N/c1-2-4-15-13(3-1)5-6-14(15)11-12-7-9-16-10-8-12/h1-4,7-11H,5-6H2. The highest BCUT2D eigenvalue weighted by atomic mass is 14.6. The van der Waals surface area contributed by atoms with Crippen LogP contribution in [0, 0.1) is 0 Å². The van der Waals surface area contributed by atoms with Crippen LogP contribution < -0.4 is 0 Å². The predicted molar refractivity (Wildman–Crippen MR) is 66.9 cm³/mol. The molecule has 1 heterocycles. The Hall–Kier alpha value is -1.89. The van der Waals surface area contributed by atoms with Crippen molar-refractivity contribution in [3.8, 4) is 0 Å². The number of aryl methyl sites for hydroxylation is 1. The third-order valence-electron chi connectivity index (χ3n) is 3.07. The van der Waals surface area contributed by atoms with Crippen molar-refractivity contribution in [1.29, 1.82) is 0 Å². The number of aromatic nitrogens is 1. The van der Waals surface area contributed by atoms with Gasteiger partial charge >= 0.3 is 0 Å². The van der Waals surface area contributed by atoms with Gasteiger partial charge in [-0.15, -0.1) is 0 Å². The lowest BCUT2D eigenvalue weighted by molar-refractivity contribution is 1.08. The summed E-state index contributed by atoms with van der Waals surface area (Å²) in [6, 6.07) is 12.8. The average Bonchev–Trinajstić information content (AvgIpc) is 2.74. The van der Waals surface area contributed by atoms with Crippen LogP contribution in [0.15, 0.2) is 48.8 Å². The van der Waals surface area contributed by atoms with Gasteiger partial charge in [0.25, 0.3) is 0 Å². The zero-order valence-electron chi connectivity index (χ0n) is 9.06. The van der Waals surface area contributed by atoms with E-state index in [4.69, 9.17) is 0 Å². The van der Waals surface area contributed by atoms with Gasteiger partial charge in [-0.2, -0.15) is 0 Å². The molecule has 0 bridgehead atoms. The molecular weight excluding hydrogens is 194 g/mol. The van der Waals surface area contributed by atoms with Crippen molar-refractivity contribution in [2.24, 2.45) is 0 Å². The quantitative estimate of drug-likeness (QED) is 0.696. The molecule has 0 saturated heterocycles. The number of rotatable bonds is 1. The number of benzene rings is 1. The summed E-state index contributed by atoms with van der Waals surface area (Å²) < 4.78 is 0. The van der Waals surface area contributed by atoms with Crippen LogP contribution in [0.1, 0.15) is 23.1 Å². The van der Waals surface area contributed by atoms with Crippen LogP contribution in [0.4, 0.5) is 0 Å². The Bertz CT molecular complexity index is 526. The summed E-state index contributed by atoms with van der Waals surface area (Å²) in [5, 5.41) is 0. The minimum absolute atomic E-state index is 1.15. The summed E-state index contributed by atoms with van der Waals surface area (Å²) in [6.07, 6.45) is 8.28. The fourth-order valence-electron chi connectivity index (χ4n) is 2.27. The van der Waals surface area contributed by atoms with Crippen molar-refractivity contribution in [3.63, 3.8) is 0 Å². The number of pyridine rings is 1. The summed E-state index contributed by atoms with van der Waals surface area (Å²) in [6.45, 7) is 0. The topological polar surface area (TPSA) is 12.9 Å². The molecule has 0 atom stereocenters. The molecule has 1 aliphatic rings. The first kappa shape index (κ1) is 9.34. The Labute approximate surface area is 95.5 Å². The molecule has 0 aliphatic heterocycles. The highest BCUT2D eigenvalue weighted by Gasteiger charge is 2.14. The predicted octanol–water partition coefficient (Wildman–Crippen LogP) is 3.57. The van der Waals surface area contributed by atoms with Crippen LogP contribution in [0.25, 0.3) is 11.6 Å². The van der Waals surface area contributed by atoms with E-state index in [-0.39, 0.29) is 0 Å². The molecule has 0 fully saturated rings. The SMILES string of the molecule is C(=C1CCc2ccccc21)c1ccncc1. The maximum atomic E-state index is 4.04. The molecule has 1 heteroatoms. The minimum Gasteiger partial charge on any atom is -0.265 e. The minimum atomic E-state index is 1.15. The Kier molecular flexibility index (Phi) is 2.30. The van der Waals surface area contributed by atoms with Gasteiger partial charge in [0.15, 0.2) is 0 Å². The van der Waals surface area contributed by atoms with Crippen molar-refractivity contribution in [3.05, 3.63) is 65.5 Å². The summed E-state index contributed by atoms with van der Waals surface area (Å²) in [7, 11) is 0. The maximum Gasteiger partial charge on any atom is 0.0273 e. The smallest absolute Gasteiger partial charge is 0.0273 e. The first-order chi connectivity index (χ1) is 7.93. The summed E-state index contributed by atoms with van der Waals surface area (Å²) in [4.78, 5) is 4.04. The van der Waals surface area contributed by atoms with Crippen LogP contribution in [0.3, 0.4) is 0 Å². The molecule has 0 unspecified atom stereocenters. The van der Waals surface area contributed by atoms with Crippen LogP contribution in [0.2, 0.25) is 0 Å².